The first-order chi connectivity index (χ1) is 27.5. The fourth-order valence-electron chi connectivity index (χ4n) is 8.35. The van der Waals surface area contributed by atoms with Crippen molar-refractivity contribution in [1.29, 1.82) is 0 Å². The molecule has 6 unspecified atom stereocenters. The van der Waals surface area contributed by atoms with Crippen LogP contribution in [-0.4, -0.2) is 159 Å². The van der Waals surface area contributed by atoms with Gasteiger partial charge in [-0.15, -0.1) is 6.58 Å². The number of hydrogen-bond acceptors (Lipinski definition) is 15. The Kier molecular flexibility index (Phi) is 18.5. The van der Waals surface area contributed by atoms with Crippen LogP contribution in [0.5, 0.6) is 0 Å². The number of rotatable bonds is 10. The highest BCUT2D eigenvalue weighted by atomic mass is 16.7. The van der Waals surface area contributed by atoms with Gasteiger partial charge in [-0.1, -0.05) is 44.6 Å². The van der Waals surface area contributed by atoms with Gasteiger partial charge >= 0.3 is 5.97 Å². The first-order valence-corrected chi connectivity index (χ1v) is 20.5. The van der Waals surface area contributed by atoms with Crippen LogP contribution in [0.1, 0.15) is 60.8 Å². The minimum absolute atomic E-state index is 0.0476. The van der Waals surface area contributed by atoms with E-state index in [-0.39, 0.29) is 25.4 Å². The van der Waals surface area contributed by atoms with Crippen LogP contribution in [-0.2, 0) is 52.2 Å². The molecular weight excluding hydrogens is 754 g/mol. The van der Waals surface area contributed by atoms with E-state index in [0.29, 0.717) is 12.8 Å². The Morgan fingerprint density at radius 1 is 0.914 bits per heavy atom. The lowest BCUT2D eigenvalue weighted by molar-refractivity contribution is -0.304. The smallest absolute Gasteiger partial charge is 0.308 e. The summed E-state index contributed by atoms with van der Waals surface area (Å²) in [5, 5.41) is 33.2. The Morgan fingerprint density at radius 2 is 1.59 bits per heavy atom. The molecule has 0 saturated carbocycles. The zero-order valence-electron chi connectivity index (χ0n) is 35.9. The molecule has 0 radical (unpaired) electrons. The van der Waals surface area contributed by atoms with Gasteiger partial charge in [0.1, 0.15) is 43.2 Å². The Hall–Kier alpha value is -2.54. The summed E-state index contributed by atoms with van der Waals surface area (Å²) in [7, 11) is 6.51. The standard InChI is InChI=1S/C43H69NO14/c1-12-30-22-52-17-16-28-19-24(4)31(45)15-14-23(3)18-29(21-53-43-41(51-11)40(50-10)37(48)27(7)55-43)32(13-2)57-34(46)20-33(56-30)25(5)39(28)58-42-38(49)35(44(8)9)36(47)26(6)54-42/h12,14-18,24-30,32-33,35-43,47-49H,1,13,19-22H2,2-11H3/b15-14+,17-16-,23-18+/t24-,25+,26?,27?,28+,29-,30?,32-,33-,35?,36-,37-,38?,39-,40+,41?,42+,43-/m1/s1. The van der Waals surface area contributed by atoms with E-state index >= 15 is 0 Å². The van der Waals surface area contributed by atoms with E-state index in [1.807, 2.05) is 39.8 Å². The van der Waals surface area contributed by atoms with Gasteiger partial charge in [0, 0.05) is 37.9 Å². The molecule has 18 atom stereocenters. The molecule has 2 saturated heterocycles. The molecule has 0 aromatic rings. The maximum Gasteiger partial charge on any atom is 0.308 e. The fourth-order valence-corrected chi connectivity index (χ4v) is 8.35. The van der Waals surface area contributed by atoms with Crippen molar-refractivity contribution in [3.63, 3.8) is 0 Å². The average Bonchev–Trinajstić information content (AvgIpc) is 3.18. The molecule has 15 nitrogen and oxygen atoms in total. The number of ketones is 1. The summed E-state index contributed by atoms with van der Waals surface area (Å²) in [4.78, 5) is 29.6. The van der Waals surface area contributed by atoms with Crippen LogP contribution in [0.15, 0.2) is 48.8 Å². The van der Waals surface area contributed by atoms with Gasteiger partial charge in [-0.3, -0.25) is 9.59 Å². The van der Waals surface area contributed by atoms with Crippen molar-refractivity contribution in [2.45, 2.75) is 147 Å². The molecule has 0 spiro atoms. The maximum absolute atomic E-state index is 14.1. The molecular formula is C43H69NO14. The Balaban J connectivity index is 1.73. The molecule has 0 aliphatic carbocycles. The summed E-state index contributed by atoms with van der Waals surface area (Å²) in [5.41, 5.74) is 0.751. The van der Waals surface area contributed by atoms with Crippen molar-refractivity contribution in [2.24, 2.45) is 23.7 Å². The normalized spacial score (nSPS) is 44.4. The second-order valence-corrected chi connectivity index (χ2v) is 16.4. The Labute approximate surface area is 344 Å². The summed E-state index contributed by atoms with van der Waals surface area (Å²) < 4.78 is 55.1. The van der Waals surface area contributed by atoms with Crippen molar-refractivity contribution >= 4 is 11.8 Å². The van der Waals surface area contributed by atoms with E-state index in [9.17, 15) is 24.9 Å². The van der Waals surface area contributed by atoms with E-state index in [4.69, 9.17) is 42.6 Å². The molecule has 4 rings (SSSR count). The van der Waals surface area contributed by atoms with Crippen LogP contribution in [0.3, 0.4) is 0 Å². The minimum Gasteiger partial charge on any atom is -0.498 e. The third-order valence-electron chi connectivity index (χ3n) is 11.9. The van der Waals surface area contributed by atoms with Crippen molar-refractivity contribution in [3.8, 4) is 0 Å². The molecule has 330 valence electrons. The Morgan fingerprint density at radius 3 is 2.22 bits per heavy atom. The number of hydrogen-bond donors (Lipinski definition) is 3. The molecule has 15 heteroatoms. The van der Waals surface area contributed by atoms with Crippen molar-refractivity contribution in [1.82, 2.24) is 4.90 Å². The first kappa shape index (κ1) is 48.1. The van der Waals surface area contributed by atoms with Gasteiger partial charge in [-0.2, -0.15) is 0 Å². The second-order valence-electron chi connectivity index (χ2n) is 16.4. The van der Waals surface area contributed by atoms with Crippen molar-refractivity contribution in [3.05, 3.63) is 48.8 Å². The van der Waals surface area contributed by atoms with E-state index in [0.717, 1.165) is 5.57 Å². The fraction of sp³-hybridized carbons (Fsp3) is 0.767. The van der Waals surface area contributed by atoms with Crippen LogP contribution >= 0.6 is 0 Å². The number of nitrogens with zero attached hydrogens (tertiary/aromatic N) is 1. The van der Waals surface area contributed by atoms with Crippen molar-refractivity contribution in [2.75, 3.05) is 41.5 Å². The number of esters is 1. The number of likely N-dealkylation sites (N-methyl/N-ethyl adjacent to an activating group) is 1. The van der Waals surface area contributed by atoms with Gasteiger partial charge in [0.05, 0.1) is 55.9 Å². The molecule has 58 heavy (non-hydrogen) atoms. The first-order valence-electron chi connectivity index (χ1n) is 20.5. The molecule has 4 heterocycles. The molecule has 2 fully saturated rings. The average molecular weight is 824 g/mol. The van der Waals surface area contributed by atoms with Gasteiger partial charge in [0.25, 0.3) is 0 Å². The molecule has 4 aliphatic heterocycles. The molecule has 2 bridgehead atoms. The molecule has 4 aliphatic rings. The van der Waals surface area contributed by atoms with Gasteiger partial charge in [-0.25, -0.2) is 0 Å². The number of allylic oxidation sites excluding steroid dienone is 3. The van der Waals surface area contributed by atoms with E-state index in [2.05, 4.69) is 6.58 Å². The molecule has 3 N–H and O–H groups in total. The molecule has 0 aromatic heterocycles. The van der Waals surface area contributed by atoms with E-state index in [1.165, 1.54) is 14.2 Å². The summed E-state index contributed by atoms with van der Waals surface area (Å²) in [6.45, 7) is 15.1. The van der Waals surface area contributed by atoms with Gasteiger partial charge < -0.3 is 62.9 Å². The van der Waals surface area contributed by atoms with Crippen LogP contribution in [0, 0.1) is 23.7 Å². The minimum atomic E-state index is -1.24. The zero-order chi connectivity index (χ0) is 42.8. The number of carbonyl (C=O) groups is 2. The number of carbonyl (C=O) groups excluding carboxylic acids is 2. The number of fused-ring (bicyclic) bond motifs is 3. The van der Waals surface area contributed by atoms with Crippen LogP contribution < -0.4 is 0 Å². The zero-order valence-corrected chi connectivity index (χ0v) is 35.9. The molecule has 0 amide bonds. The number of cyclic esters (lactones) is 1. The highest BCUT2D eigenvalue weighted by molar-refractivity contribution is 5.91. The number of methoxy groups -OCH3 is 2. The second kappa shape index (κ2) is 22.3. The Bertz CT molecular complexity index is 1420. The van der Waals surface area contributed by atoms with Gasteiger partial charge in [0.2, 0.25) is 0 Å². The SMILES string of the molecule is C=CC1CO/C=C\[C@H]2C[C@@H](C)C(=O)/C=C/C(C)=C/[C@H](CO[C@@H]3OC(C)[C@@H](O)[C@H](OC)C3OC)[C@@H](CC)OC(=O)C[C@@H](O1)[C@H](C)[C@H]2O[C@@H]1OC(C)[C@@H](O)C(N(C)C)C1O. The predicted octanol–water partition coefficient (Wildman–Crippen LogP) is 3.10. The summed E-state index contributed by atoms with van der Waals surface area (Å²) in [5.74, 6) is -2.60. The monoisotopic (exact) mass is 823 g/mol. The highest BCUT2D eigenvalue weighted by Crippen LogP contribution is 2.36. The lowest BCUT2D eigenvalue weighted by atomic mass is 9.80. The van der Waals surface area contributed by atoms with Crippen LogP contribution in [0.4, 0.5) is 0 Å². The summed E-state index contributed by atoms with van der Waals surface area (Å²) in [6, 6.07) is -0.690. The van der Waals surface area contributed by atoms with Crippen LogP contribution in [0.25, 0.3) is 0 Å². The third-order valence-corrected chi connectivity index (χ3v) is 11.9. The van der Waals surface area contributed by atoms with Crippen molar-refractivity contribution < 1.29 is 67.5 Å². The van der Waals surface area contributed by atoms with Crippen LogP contribution in [0.2, 0.25) is 0 Å². The number of aliphatic hydroxyl groups is 3. The van der Waals surface area contributed by atoms with Gasteiger partial charge in [0.15, 0.2) is 18.4 Å². The maximum atomic E-state index is 14.1. The topological polar surface area (TPSA) is 181 Å². The highest BCUT2D eigenvalue weighted by Gasteiger charge is 2.48. The quantitative estimate of drug-likeness (QED) is 0.216. The van der Waals surface area contributed by atoms with E-state index < -0.39 is 115 Å². The third kappa shape index (κ3) is 12.1. The summed E-state index contributed by atoms with van der Waals surface area (Å²) >= 11 is 0. The predicted molar refractivity (Wildman–Crippen MR) is 213 cm³/mol. The summed E-state index contributed by atoms with van der Waals surface area (Å²) in [6.07, 6.45) is 0.0476. The van der Waals surface area contributed by atoms with Gasteiger partial charge in [-0.05, 0) is 59.9 Å². The number of aliphatic hydroxyl groups excluding tert-OH is 3. The van der Waals surface area contributed by atoms with E-state index in [1.54, 1.807) is 57.3 Å². The number of ether oxygens (including phenoxy) is 9. The lowest BCUT2D eigenvalue weighted by Crippen LogP contribution is -2.63. The molecule has 0 aromatic carbocycles. The largest absolute Gasteiger partial charge is 0.498 e. The lowest BCUT2D eigenvalue weighted by Gasteiger charge is -2.47.